The van der Waals surface area contributed by atoms with Gasteiger partial charge in [0.05, 0.1) is 19.9 Å². The average Bonchev–Trinajstić information content (AvgIpc) is 2.45. The van der Waals surface area contributed by atoms with Crippen LogP contribution in [0.25, 0.3) is 0 Å². The van der Waals surface area contributed by atoms with Crippen molar-refractivity contribution in [3.63, 3.8) is 0 Å². The number of aromatic nitrogens is 1. The Morgan fingerprint density at radius 1 is 1.05 bits per heavy atom. The predicted molar refractivity (Wildman–Crippen MR) is 72.6 cm³/mol. The fraction of sp³-hybridized carbons (Fsp3) is 0.267. The number of hydrogen-bond acceptors (Lipinski definition) is 4. The van der Waals surface area contributed by atoms with E-state index in [4.69, 9.17) is 9.47 Å². The molecule has 1 aromatic carbocycles. The van der Waals surface area contributed by atoms with Gasteiger partial charge in [-0.15, -0.1) is 0 Å². The molecule has 1 unspecified atom stereocenters. The van der Waals surface area contributed by atoms with Crippen molar-refractivity contribution in [1.29, 1.82) is 0 Å². The molecule has 0 aliphatic heterocycles. The van der Waals surface area contributed by atoms with Gasteiger partial charge >= 0.3 is 0 Å². The molecule has 0 bridgehead atoms. The normalized spacial score (nSPS) is 12.0. The van der Waals surface area contributed by atoms with Gasteiger partial charge in [-0.2, -0.15) is 0 Å². The Morgan fingerprint density at radius 3 is 2.21 bits per heavy atom. The number of aliphatic hydroxyl groups is 1. The molecule has 19 heavy (non-hydrogen) atoms. The summed E-state index contributed by atoms with van der Waals surface area (Å²) in [4.78, 5) is 4.33. The van der Waals surface area contributed by atoms with Crippen LogP contribution in [-0.4, -0.2) is 24.3 Å². The molecule has 0 aliphatic rings. The minimum absolute atomic E-state index is 0.607. The van der Waals surface area contributed by atoms with E-state index < -0.39 is 6.10 Å². The summed E-state index contributed by atoms with van der Waals surface area (Å²) in [5.74, 6) is 1.28. The summed E-state index contributed by atoms with van der Waals surface area (Å²) in [5, 5.41) is 10.4. The summed E-state index contributed by atoms with van der Waals surface area (Å²) in [6, 6.07) is 10.9. The molecule has 0 spiro atoms. The van der Waals surface area contributed by atoms with Crippen molar-refractivity contribution in [3.8, 4) is 11.5 Å². The Hall–Kier alpha value is -2.07. The van der Waals surface area contributed by atoms with Gasteiger partial charge in [-0.05, 0) is 36.8 Å². The van der Waals surface area contributed by atoms with Gasteiger partial charge < -0.3 is 14.6 Å². The fourth-order valence-corrected chi connectivity index (χ4v) is 1.87. The Labute approximate surface area is 112 Å². The molecule has 2 aromatic rings. The van der Waals surface area contributed by atoms with Gasteiger partial charge in [0.15, 0.2) is 0 Å². The molecule has 0 amide bonds. The largest absolute Gasteiger partial charge is 0.497 e. The number of benzene rings is 1. The Morgan fingerprint density at radius 2 is 1.68 bits per heavy atom. The smallest absolute Gasteiger partial charge is 0.122 e. The van der Waals surface area contributed by atoms with E-state index in [0.29, 0.717) is 22.8 Å². The molecule has 1 aromatic heterocycles. The third-order valence-electron chi connectivity index (χ3n) is 2.88. The van der Waals surface area contributed by atoms with Gasteiger partial charge in [-0.1, -0.05) is 6.07 Å². The third kappa shape index (κ3) is 3.03. The quantitative estimate of drug-likeness (QED) is 0.916. The highest BCUT2D eigenvalue weighted by molar-refractivity contribution is 5.41. The number of ether oxygens (including phenoxy) is 2. The van der Waals surface area contributed by atoms with E-state index in [1.165, 1.54) is 0 Å². The first-order chi connectivity index (χ1) is 9.13. The Kier molecular flexibility index (Phi) is 4.02. The highest BCUT2D eigenvalue weighted by Gasteiger charge is 2.14. The van der Waals surface area contributed by atoms with Crippen molar-refractivity contribution in [3.05, 3.63) is 53.3 Å². The Balaban J connectivity index is 2.40. The molecule has 0 saturated carbocycles. The number of nitrogens with zero attached hydrogens (tertiary/aromatic N) is 1. The second-order valence-electron chi connectivity index (χ2n) is 4.25. The summed E-state index contributed by atoms with van der Waals surface area (Å²) in [5.41, 5.74) is 2.16. The number of aryl methyl sites for hydroxylation is 1. The summed E-state index contributed by atoms with van der Waals surface area (Å²) in [6.45, 7) is 1.89. The lowest BCUT2D eigenvalue weighted by molar-refractivity contribution is 0.214. The molecule has 100 valence electrons. The lowest BCUT2D eigenvalue weighted by Crippen LogP contribution is -2.04. The second-order valence-corrected chi connectivity index (χ2v) is 4.25. The molecular weight excluding hydrogens is 242 g/mol. The summed E-state index contributed by atoms with van der Waals surface area (Å²) in [7, 11) is 3.16. The standard InChI is InChI=1S/C15H17NO3/c1-10-5-4-6-14(16-10)15(17)11-7-12(18-2)9-13(8-11)19-3/h4-9,15,17H,1-3H3. The van der Waals surface area contributed by atoms with E-state index in [2.05, 4.69) is 4.98 Å². The predicted octanol–water partition coefficient (Wildman–Crippen LogP) is 2.49. The number of pyridine rings is 1. The van der Waals surface area contributed by atoms with Crippen molar-refractivity contribution >= 4 is 0 Å². The number of hydrogen-bond donors (Lipinski definition) is 1. The molecule has 4 nitrogen and oxygen atoms in total. The van der Waals surface area contributed by atoms with E-state index in [1.54, 1.807) is 38.5 Å². The average molecular weight is 259 g/mol. The minimum Gasteiger partial charge on any atom is -0.497 e. The molecule has 1 heterocycles. The van der Waals surface area contributed by atoms with Crippen LogP contribution in [0.4, 0.5) is 0 Å². The first kappa shape index (κ1) is 13.4. The van der Waals surface area contributed by atoms with Gasteiger partial charge in [0, 0.05) is 11.8 Å². The van der Waals surface area contributed by atoms with E-state index in [9.17, 15) is 5.11 Å². The van der Waals surface area contributed by atoms with E-state index in [-0.39, 0.29) is 0 Å². The van der Waals surface area contributed by atoms with Crippen LogP contribution in [0, 0.1) is 6.92 Å². The zero-order chi connectivity index (χ0) is 13.8. The van der Waals surface area contributed by atoms with Crippen LogP contribution < -0.4 is 9.47 Å². The highest BCUT2D eigenvalue weighted by Crippen LogP contribution is 2.29. The monoisotopic (exact) mass is 259 g/mol. The van der Waals surface area contributed by atoms with Crippen LogP contribution in [0.2, 0.25) is 0 Å². The maximum atomic E-state index is 10.4. The lowest BCUT2D eigenvalue weighted by Gasteiger charge is -2.14. The van der Waals surface area contributed by atoms with Gasteiger partial charge in [-0.25, -0.2) is 0 Å². The van der Waals surface area contributed by atoms with Gasteiger partial charge in [-0.3, -0.25) is 4.98 Å². The first-order valence-corrected chi connectivity index (χ1v) is 5.98. The zero-order valence-electron chi connectivity index (χ0n) is 11.3. The van der Waals surface area contributed by atoms with E-state index in [1.807, 2.05) is 19.1 Å². The fourth-order valence-electron chi connectivity index (χ4n) is 1.87. The van der Waals surface area contributed by atoms with Crippen molar-refractivity contribution in [2.45, 2.75) is 13.0 Å². The van der Waals surface area contributed by atoms with Crippen LogP contribution in [0.1, 0.15) is 23.1 Å². The van der Waals surface area contributed by atoms with Crippen LogP contribution in [0.5, 0.6) is 11.5 Å². The van der Waals surface area contributed by atoms with Crippen molar-refractivity contribution < 1.29 is 14.6 Å². The number of rotatable bonds is 4. The van der Waals surface area contributed by atoms with E-state index in [0.717, 1.165) is 5.69 Å². The van der Waals surface area contributed by atoms with Crippen LogP contribution in [0.15, 0.2) is 36.4 Å². The van der Waals surface area contributed by atoms with Crippen LogP contribution >= 0.6 is 0 Å². The maximum Gasteiger partial charge on any atom is 0.122 e. The van der Waals surface area contributed by atoms with Crippen molar-refractivity contribution in [1.82, 2.24) is 4.98 Å². The molecule has 0 aliphatic carbocycles. The highest BCUT2D eigenvalue weighted by atomic mass is 16.5. The summed E-state index contributed by atoms with van der Waals surface area (Å²) >= 11 is 0. The molecule has 0 fully saturated rings. The molecule has 1 N–H and O–H groups in total. The van der Waals surface area contributed by atoms with E-state index >= 15 is 0 Å². The summed E-state index contributed by atoms with van der Waals surface area (Å²) in [6.07, 6.45) is -0.802. The third-order valence-corrected chi connectivity index (χ3v) is 2.88. The number of aliphatic hydroxyl groups excluding tert-OH is 1. The first-order valence-electron chi connectivity index (χ1n) is 5.98. The second kappa shape index (κ2) is 5.71. The Bertz CT molecular complexity index is 547. The van der Waals surface area contributed by atoms with Gasteiger partial charge in [0.2, 0.25) is 0 Å². The molecule has 0 saturated heterocycles. The molecule has 4 heteroatoms. The molecule has 1 atom stereocenters. The van der Waals surface area contributed by atoms with Crippen molar-refractivity contribution in [2.24, 2.45) is 0 Å². The number of methoxy groups -OCH3 is 2. The molecular formula is C15H17NO3. The minimum atomic E-state index is -0.802. The van der Waals surface area contributed by atoms with Gasteiger partial charge in [0.25, 0.3) is 0 Å². The lowest BCUT2D eigenvalue weighted by atomic mass is 10.0. The molecule has 2 rings (SSSR count). The van der Waals surface area contributed by atoms with Crippen LogP contribution in [-0.2, 0) is 0 Å². The summed E-state index contributed by atoms with van der Waals surface area (Å²) < 4.78 is 10.4. The SMILES string of the molecule is COc1cc(OC)cc(C(O)c2cccc(C)n2)c1. The maximum absolute atomic E-state index is 10.4. The van der Waals surface area contributed by atoms with Crippen LogP contribution in [0.3, 0.4) is 0 Å². The molecule has 0 radical (unpaired) electrons. The van der Waals surface area contributed by atoms with Gasteiger partial charge in [0.1, 0.15) is 17.6 Å². The topological polar surface area (TPSA) is 51.6 Å². The zero-order valence-corrected chi connectivity index (χ0v) is 11.3. The van der Waals surface area contributed by atoms with Crippen molar-refractivity contribution in [2.75, 3.05) is 14.2 Å².